The Morgan fingerprint density at radius 1 is 0.756 bits per heavy atom. The molecule has 4 aromatic carbocycles. The SMILES string of the molecule is Cc1ccc(S(=O)(=O)n2c3ccccc3c3nc(N4CCOC4=O)c(-c4ccccc4)c(-c4ccccc4)c32)cc1. The fourth-order valence-electron chi connectivity index (χ4n) is 5.53. The van der Waals surface area contributed by atoms with Crippen LogP contribution in [0, 0.1) is 6.92 Å². The Hall–Kier alpha value is -4.95. The number of cyclic esters (lactones) is 1. The second kappa shape index (κ2) is 9.60. The summed E-state index contributed by atoms with van der Waals surface area (Å²) in [6.07, 6.45) is -0.482. The molecule has 0 bridgehead atoms. The van der Waals surface area contributed by atoms with Gasteiger partial charge in [-0.05, 0) is 36.2 Å². The molecule has 0 radical (unpaired) electrons. The van der Waals surface area contributed by atoms with Gasteiger partial charge in [0.25, 0.3) is 10.0 Å². The van der Waals surface area contributed by atoms with Crippen molar-refractivity contribution in [3.63, 3.8) is 0 Å². The Morgan fingerprint density at radius 2 is 1.37 bits per heavy atom. The predicted molar refractivity (Wildman–Crippen MR) is 161 cm³/mol. The van der Waals surface area contributed by atoms with E-state index in [4.69, 9.17) is 9.72 Å². The van der Waals surface area contributed by atoms with E-state index in [1.54, 1.807) is 30.3 Å². The first kappa shape index (κ1) is 25.0. The number of pyridine rings is 1. The summed E-state index contributed by atoms with van der Waals surface area (Å²) in [4.78, 5) is 19.7. The first-order valence-corrected chi connectivity index (χ1v) is 14.7. The lowest BCUT2D eigenvalue weighted by molar-refractivity contribution is 0.181. The highest BCUT2D eigenvalue weighted by Crippen LogP contribution is 2.47. The minimum Gasteiger partial charge on any atom is -0.447 e. The average molecular weight is 560 g/mol. The van der Waals surface area contributed by atoms with Gasteiger partial charge in [-0.2, -0.15) is 0 Å². The van der Waals surface area contributed by atoms with Crippen molar-refractivity contribution in [2.75, 3.05) is 18.1 Å². The number of rotatable bonds is 5. The molecule has 1 aliphatic heterocycles. The van der Waals surface area contributed by atoms with Crippen LogP contribution >= 0.6 is 0 Å². The Kier molecular flexibility index (Phi) is 5.87. The molecule has 7 nitrogen and oxygen atoms in total. The predicted octanol–water partition coefficient (Wildman–Crippen LogP) is 7.03. The van der Waals surface area contributed by atoms with Crippen molar-refractivity contribution in [3.05, 3.63) is 115 Å². The highest BCUT2D eigenvalue weighted by molar-refractivity contribution is 7.90. The fraction of sp³-hybridized carbons (Fsp3) is 0.0909. The van der Waals surface area contributed by atoms with Crippen LogP contribution in [0.15, 0.2) is 114 Å². The van der Waals surface area contributed by atoms with Crippen LogP contribution in [0.2, 0.25) is 0 Å². The summed E-state index contributed by atoms with van der Waals surface area (Å²) in [6, 6.07) is 33.5. The first-order chi connectivity index (χ1) is 19.9. The number of hydrogen-bond donors (Lipinski definition) is 0. The van der Waals surface area contributed by atoms with Crippen LogP contribution in [0.25, 0.3) is 44.2 Å². The minimum atomic E-state index is -4.07. The minimum absolute atomic E-state index is 0.179. The Morgan fingerprint density at radius 3 is 2.00 bits per heavy atom. The summed E-state index contributed by atoms with van der Waals surface area (Å²) in [5, 5.41) is 0.670. The van der Waals surface area contributed by atoms with E-state index in [1.165, 1.54) is 8.87 Å². The van der Waals surface area contributed by atoms with Crippen LogP contribution in [-0.4, -0.2) is 36.6 Å². The number of amides is 1. The molecule has 0 saturated carbocycles. The zero-order valence-corrected chi connectivity index (χ0v) is 23.0. The molecule has 8 heteroatoms. The number of nitrogens with zero attached hydrogens (tertiary/aromatic N) is 3. The molecule has 0 aliphatic carbocycles. The lowest BCUT2D eigenvalue weighted by Gasteiger charge is -2.22. The largest absolute Gasteiger partial charge is 0.447 e. The highest BCUT2D eigenvalue weighted by Gasteiger charge is 2.34. The van der Waals surface area contributed by atoms with Crippen LogP contribution in [0.5, 0.6) is 0 Å². The molecule has 7 rings (SSSR count). The molecular weight excluding hydrogens is 534 g/mol. The molecule has 202 valence electrons. The van der Waals surface area contributed by atoms with Crippen LogP contribution in [0.4, 0.5) is 10.6 Å². The van der Waals surface area contributed by atoms with Gasteiger partial charge in [-0.15, -0.1) is 0 Å². The van der Waals surface area contributed by atoms with Crippen molar-refractivity contribution < 1.29 is 17.9 Å². The third-order valence-corrected chi connectivity index (χ3v) is 9.16. The maximum atomic E-state index is 14.5. The zero-order chi connectivity index (χ0) is 28.1. The van der Waals surface area contributed by atoms with E-state index in [0.717, 1.165) is 16.7 Å². The summed E-state index contributed by atoms with van der Waals surface area (Å²) in [6.45, 7) is 2.51. The molecule has 0 N–H and O–H groups in total. The van der Waals surface area contributed by atoms with Crippen LogP contribution in [0.3, 0.4) is 0 Å². The number of benzene rings is 4. The number of ether oxygens (including phenoxy) is 1. The van der Waals surface area contributed by atoms with E-state index in [0.29, 0.717) is 45.4 Å². The standard InChI is InChI=1S/C33H25N3O4S/c1-22-16-18-25(19-17-22)41(38,39)36-27-15-9-8-14-26(27)30-31(36)28(23-10-4-2-5-11-23)29(24-12-6-3-7-13-24)32(34-30)35-20-21-40-33(35)37/h2-19H,20-21H2,1H3. The fourth-order valence-corrected chi connectivity index (χ4v) is 7.06. The molecule has 2 aromatic heterocycles. The van der Waals surface area contributed by atoms with Gasteiger partial charge in [-0.25, -0.2) is 22.2 Å². The molecule has 1 saturated heterocycles. The van der Waals surface area contributed by atoms with Gasteiger partial charge in [0, 0.05) is 16.5 Å². The molecule has 1 amide bonds. The van der Waals surface area contributed by atoms with Crippen molar-refractivity contribution in [1.82, 2.24) is 8.96 Å². The number of aromatic nitrogens is 2. The Bertz CT molecular complexity index is 2050. The molecular formula is C33H25N3O4S. The number of hydrogen-bond acceptors (Lipinski definition) is 5. The Balaban J connectivity index is 1.72. The summed E-state index contributed by atoms with van der Waals surface area (Å²) in [5.74, 6) is 0.431. The summed E-state index contributed by atoms with van der Waals surface area (Å²) in [7, 11) is -4.07. The molecule has 0 atom stereocenters. The van der Waals surface area contributed by atoms with E-state index in [-0.39, 0.29) is 11.5 Å². The van der Waals surface area contributed by atoms with Crippen molar-refractivity contribution in [3.8, 4) is 22.3 Å². The van der Waals surface area contributed by atoms with E-state index in [9.17, 15) is 13.2 Å². The Labute approximate surface area is 237 Å². The number of para-hydroxylation sites is 1. The van der Waals surface area contributed by atoms with Gasteiger partial charge >= 0.3 is 6.09 Å². The molecule has 0 unspecified atom stereocenters. The van der Waals surface area contributed by atoms with Crippen molar-refractivity contribution in [2.45, 2.75) is 11.8 Å². The zero-order valence-electron chi connectivity index (χ0n) is 22.2. The van der Waals surface area contributed by atoms with Crippen LogP contribution in [-0.2, 0) is 14.8 Å². The van der Waals surface area contributed by atoms with Crippen molar-refractivity contribution in [1.29, 1.82) is 0 Å². The van der Waals surface area contributed by atoms with Gasteiger partial charge in [0.2, 0.25) is 0 Å². The molecule has 1 aliphatic rings. The molecule has 1 fully saturated rings. The number of carbonyl (C=O) groups excluding carboxylic acids is 1. The van der Waals surface area contributed by atoms with Gasteiger partial charge in [-0.3, -0.25) is 4.90 Å². The summed E-state index contributed by atoms with van der Waals surface area (Å²) >= 11 is 0. The number of fused-ring (bicyclic) bond motifs is 3. The lowest BCUT2D eigenvalue weighted by Crippen LogP contribution is -2.25. The molecule has 0 spiro atoms. The smallest absolute Gasteiger partial charge is 0.415 e. The molecule has 3 heterocycles. The highest BCUT2D eigenvalue weighted by atomic mass is 32.2. The van der Waals surface area contributed by atoms with Gasteiger partial charge in [0.15, 0.2) is 0 Å². The first-order valence-electron chi connectivity index (χ1n) is 13.3. The van der Waals surface area contributed by atoms with E-state index in [1.807, 2.05) is 85.8 Å². The van der Waals surface area contributed by atoms with Crippen molar-refractivity contribution in [2.24, 2.45) is 0 Å². The summed E-state index contributed by atoms with van der Waals surface area (Å²) in [5.41, 5.74) is 5.35. The number of anilines is 1. The second-order valence-electron chi connectivity index (χ2n) is 9.98. The van der Waals surface area contributed by atoms with Crippen molar-refractivity contribution >= 4 is 43.9 Å². The molecule has 41 heavy (non-hydrogen) atoms. The maximum absolute atomic E-state index is 14.5. The summed E-state index contributed by atoms with van der Waals surface area (Å²) < 4.78 is 35.8. The van der Waals surface area contributed by atoms with Crippen LogP contribution in [0.1, 0.15) is 5.56 Å². The third-order valence-electron chi connectivity index (χ3n) is 7.43. The van der Waals surface area contributed by atoms with Gasteiger partial charge in [-0.1, -0.05) is 96.6 Å². The van der Waals surface area contributed by atoms with E-state index in [2.05, 4.69) is 0 Å². The lowest BCUT2D eigenvalue weighted by atomic mass is 9.93. The van der Waals surface area contributed by atoms with Gasteiger partial charge in [0.1, 0.15) is 17.9 Å². The van der Waals surface area contributed by atoms with E-state index >= 15 is 0 Å². The number of carbonyl (C=O) groups is 1. The topological polar surface area (TPSA) is 81.5 Å². The van der Waals surface area contributed by atoms with Crippen LogP contribution < -0.4 is 4.90 Å². The van der Waals surface area contributed by atoms with Gasteiger partial charge < -0.3 is 4.74 Å². The monoisotopic (exact) mass is 559 g/mol. The second-order valence-corrected chi connectivity index (χ2v) is 11.8. The maximum Gasteiger partial charge on any atom is 0.415 e. The van der Waals surface area contributed by atoms with E-state index < -0.39 is 16.1 Å². The third kappa shape index (κ3) is 3.98. The number of aryl methyl sites for hydroxylation is 1. The normalized spacial score (nSPS) is 13.7. The molecule has 6 aromatic rings. The van der Waals surface area contributed by atoms with Gasteiger partial charge in [0.05, 0.1) is 22.5 Å². The quantitative estimate of drug-likeness (QED) is 0.227. The average Bonchev–Trinajstić information content (AvgIpc) is 3.58.